The lowest BCUT2D eigenvalue weighted by Crippen LogP contribution is -2.43. The Morgan fingerprint density at radius 3 is 2.76 bits per heavy atom. The largest absolute Gasteiger partial charge is 0.303 e. The van der Waals surface area contributed by atoms with Crippen LogP contribution in [0.4, 0.5) is 5.69 Å². The van der Waals surface area contributed by atoms with Crippen molar-refractivity contribution in [2.24, 2.45) is 0 Å². The van der Waals surface area contributed by atoms with Crippen LogP contribution in [0.2, 0.25) is 0 Å². The van der Waals surface area contributed by atoms with Gasteiger partial charge in [0.25, 0.3) is 0 Å². The van der Waals surface area contributed by atoms with Crippen LogP contribution in [0.15, 0.2) is 45.3 Å². The molecule has 2 aromatic carbocycles. The second kappa shape index (κ2) is 4.96. The first-order valence-corrected chi connectivity index (χ1v) is 8.61. The molecule has 1 amide bonds. The van der Waals surface area contributed by atoms with Gasteiger partial charge in [-0.05, 0) is 57.6 Å². The molecule has 106 valence electrons. The van der Waals surface area contributed by atoms with Gasteiger partial charge in [-0.3, -0.25) is 4.79 Å². The van der Waals surface area contributed by atoms with E-state index in [0.29, 0.717) is 6.42 Å². The molecule has 2 heterocycles. The number of halogens is 2. The van der Waals surface area contributed by atoms with E-state index in [4.69, 9.17) is 0 Å². The topological polar surface area (TPSA) is 20.3 Å². The summed E-state index contributed by atoms with van der Waals surface area (Å²) in [6, 6.07) is 12.7. The number of amides is 1. The van der Waals surface area contributed by atoms with Crippen LogP contribution in [0.1, 0.15) is 29.2 Å². The number of anilines is 1. The maximum Gasteiger partial charge on any atom is 0.232 e. The first-order valence-electron chi connectivity index (χ1n) is 7.03. The Morgan fingerprint density at radius 2 is 1.90 bits per heavy atom. The lowest BCUT2D eigenvalue weighted by molar-refractivity contribution is -0.119. The number of carbonyl (C=O) groups is 1. The monoisotopic (exact) mass is 405 g/mol. The average molecular weight is 407 g/mol. The molecular formula is C17H13Br2NO. The van der Waals surface area contributed by atoms with Crippen molar-refractivity contribution in [2.45, 2.75) is 25.3 Å². The Labute approximate surface area is 140 Å². The highest BCUT2D eigenvalue weighted by molar-refractivity contribution is 9.11. The number of rotatable bonds is 0. The minimum absolute atomic E-state index is 0.174. The van der Waals surface area contributed by atoms with Crippen molar-refractivity contribution in [1.82, 2.24) is 0 Å². The summed E-state index contributed by atoms with van der Waals surface area (Å²) in [7, 11) is 0. The Morgan fingerprint density at radius 1 is 1.10 bits per heavy atom. The van der Waals surface area contributed by atoms with Crippen LogP contribution < -0.4 is 4.90 Å². The molecule has 0 saturated heterocycles. The van der Waals surface area contributed by atoms with E-state index in [9.17, 15) is 4.79 Å². The third kappa shape index (κ3) is 2.08. The van der Waals surface area contributed by atoms with Crippen molar-refractivity contribution in [3.63, 3.8) is 0 Å². The number of fused-ring (bicyclic) bond motifs is 5. The zero-order valence-electron chi connectivity index (χ0n) is 11.3. The minimum Gasteiger partial charge on any atom is -0.303 e. The standard InChI is InChI=1S/C17H13Br2NO/c18-12-7-11-5-6-15-13-4-2-1-3-10(13)8-16(21)20(15)17(11)14(19)9-12/h1-4,7,9,15H,5-6,8H2. The summed E-state index contributed by atoms with van der Waals surface area (Å²) in [5.41, 5.74) is 4.77. The molecule has 0 spiro atoms. The lowest BCUT2D eigenvalue weighted by Gasteiger charge is -2.42. The van der Waals surface area contributed by atoms with Gasteiger partial charge in [0.2, 0.25) is 5.91 Å². The Balaban J connectivity index is 1.91. The van der Waals surface area contributed by atoms with E-state index in [0.717, 1.165) is 27.5 Å². The minimum atomic E-state index is 0.174. The van der Waals surface area contributed by atoms with Crippen molar-refractivity contribution in [3.8, 4) is 0 Å². The SMILES string of the molecule is O=C1Cc2ccccc2C2CCc3cc(Br)cc(Br)c3N12. The summed E-state index contributed by atoms with van der Waals surface area (Å²) in [5.74, 6) is 0.197. The number of nitrogens with zero attached hydrogens (tertiary/aromatic N) is 1. The first kappa shape index (κ1) is 13.5. The number of hydrogen-bond donors (Lipinski definition) is 0. The molecule has 0 saturated carbocycles. The highest BCUT2D eigenvalue weighted by Gasteiger charge is 2.38. The van der Waals surface area contributed by atoms with Crippen molar-refractivity contribution >= 4 is 43.5 Å². The van der Waals surface area contributed by atoms with Crippen molar-refractivity contribution in [3.05, 3.63) is 62.0 Å². The molecule has 2 aliphatic rings. The number of carbonyl (C=O) groups excluding carboxylic acids is 1. The molecule has 4 rings (SSSR count). The smallest absolute Gasteiger partial charge is 0.232 e. The molecule has 0 aliphatic carbocycles. The van der Waals surface area contributed by atoms with Crippen molar-refractivity contribution < 1.29 is 4.79 Å². The van der Waals surface area contributed by atoms with Crippen LogP contribution in [-0.4, -0.2) is 5.91 Å². The van der Waals surface area contributed by atoms with E-state index in [1.165, 1.54) is 16.7 Å². The van der Waals surface area contributed by atoms with Crippen LogP contribution in [-0.2, 0) is 17.6 Å². The quantitative estimate of drug-likeness (QED) is 0.615. The normalized spacial score (nSPS) is 19.8. The molecule has 21 heavy (non-hydrogen) atoms. The van der Waals surface area contributed by atoms with Gasteiger partial charge < -0.3 is 4.90 Å². The predicted molar refractivity (Wildman–Crippen MR) is 90.5 cm³/mol. The zero-order chi connectivity index (χ0) is 14.6. The van der Waals surface area contributed by atoms with Gasteiger partial charge in [0.05, 0.1) is 18.2 Å². The molecule has 4 heteroatoms. The Kier molecular flexibility index (Phi) is 3.19. The third-order valence-electron chi connectivity index (χ3n) is 4.37. The molecule has 0 N–H and O–H groups in total. The molecule has 0 aromatic heterocycles. The van der Waals surface area contributed by atoms with Crippen LogP contribution in [0.5, 0.6) is 0 Å². The summed E-state index contributed by atoms with van der Waals surface area (Å²) < 4.78 is 2.04. The van der Waals surface area contributed by atoms with E-state index < -0.39 is 0 Å². The van der Waals surface area contributed by atoms with Crippen LogP contribution >= 0.6 is 31.9 Å². The molecule has 0 fully saturated rings. The number of aryl methyl sites for hydroxylation is 1. The van der Waals surface area contributed by atoms with Crippen molar-refractivity contribution in [2.75, 3.05) is 4.90 Å². The molecule has 2 aliphatic heterocycles. The first-order chi connectivity index (χ1) is 10.1. The molecule has 0 bridgehead atoms. The molecule has 0 radical (unpaired) electrons. The summed E-state index contributed by atoms with van der Waals surface area (Å²) >= 11 is 7.18. The van der Waals surface area contributed by atoms with Gasteiger partial charge in [-0.15, -0.1) is 0 Å². The molecular weight excluding hydrogens is 394 g/mol. The van der Waals surface area contributed by atoms with Gasteiger partial charge in [-0.2, -0.15) is 0 Å². The van der Waals surface area contributed by atoms with Gasteiger partial charge >= 0.3 is 0 Å². The summed E-state index contributed by atoms with van der Waals surface area (Å²) in [6.45, 7) is 0. The fraction of sp³-hybridized carbons (Fsp3) is 0.235. The highest BCUT2D eigenvalue weighted by atomic mass is 79.9. The third-order valence-corrected chi connectivity index (χ3v) is 5.43. The van der Waals surface area contributed by atoms with Gasteiger partial charge in [-0.1, -0.05) is 40.2 Å². The zero-order valence-corrected chi connectivity index (χ0v) is 14.4. The summed E-state index contributed by atoms with van der Waals surface area (Å²) in [4.78, 5) is 14.7. The molecule has 2 aromatic rings. The second-order valence-electron chi connectivity index (χ2n) is 5.59. The average Bonchev–Trinajstić information content (AvgIpc) is 2.46. The van der Waals surface area contributed by atoms with E-state index in [1.807, 2.05) is 17.0 Å². The molecule has 1 atom stereocenters. The summed E-state index contributed by atoms with van der Waals surface area (Å²) in [5, 5.41) is 0. The fourth-order valence-corrected chi connectivity index (χ4v) is 5.02. The van der Waals surface area contributed by atoms with Crippen LogP contribution in [0.25, 0.3) is 0 Å². The van der Waals surface area contributed by atoms with Crippen molar-refractivity contribution in [1.29, 1.82) is 0 Å². The van der Waals surface area contributed by atoms with E-state index in [2.05, 4.69) is 56.1 Å². The maximum absolute atomic E-state index is 12.7. The van der Waals surface area contributed by atoms with Gasteiger partial charge in [0.1, 0.15) is 0 Å². The highest BCUT2D eigenvalue weighted by Crippen LogP contribution is 2.46. The van der Waals surface area contributed by atoms with E-state index in [1.54, 1.807) is 0 Å². The maximum atomic E-state index is 12.7. The van der Waals surface area contributed by atoms with Gasteiger partial charge in [-0.25, -0.2) is 0 Å². The van der Waals surface area contributed by atoms with Gasteiger partial charge in [0, 0.05) is 8.95 Å². The van der Waals surface area contributed by atoms with Gasteiger partial charge in [0.15, 0.2) is 0 Å². The van der Waals surface area contributed by atoms with E-state index in [-0.39, 0.29) is 11.9 Å². The lowest BCUT2D eigenvalue weighted by atomic mass is 9.84. The number of hydrogen-bond acceptors (Lipinski definition) is 1. The Bertz CT molecular complexity index is 756. The van der Waals surface area contributed by atoms with Crippen LogP contribution in [0.3, 0.4) is 0 Å². The Hall–Kier alpha value is -1.13. The summed E-state index contributed by atoms with van der Waals surface area (Å²) in [6.07, 6.45) is 2.48. The van der Waals surface area contributed by atoms with E-state index >= 15 is 0 Å². The fourth-order valence-electron chi connectivity index (χ4n) is 3.52. The molecule has 2 nitrogen and oxygen atoms in total. The molecule has 1 unspecified atom stereocenters. The number of benzene rings is 2. The predicted octanol–water partition coefficient (Wildman–Crippen LogP) is 4.79. The second-order valence-corrected chi connectivity index (χ2v) is 7.36. The van der Waals surface area contributed by atoms with Crippen LogP contribution in [0, 0.1) is 0 Å².